The van der Waals surface area contributed by atoms with Crippen molar-refractivity contribution in [3.8, 4) is 11.8 Å². The van der Waals surface area contributed by atoms with Crippen molar-refractivity contribution < 1.29 is 14.7 Å². The van der Waals surface area contributed by atoms with Crippen LogP contribution in [0.2, 0.25) is 0 Å². The van der Waals surface area contributed by atoms with E-state index in [9.17, 15) is 14.7 Å². The number of aliphatic carboxylic acids is 1. The molecule has 2 aromatic carbocycles. The number of hydrogen-bond donors (Lipinski definition) is 2. The van der Waals surface area contributed by atoms with Crippen LogP contribution in [0.4, 0.5) is 0 Å². The zero-order chi connectivity index (χ0) is 20.4. The molecule has 1 amide bonds. The standard InChI is InChI=1S/C23H20N2O3S/c1-2-5-15-8-9-19-18(10-15)25-20(29-19)14-24-22(28)23(13-21(26)27)11-16-6-3-4-7-17(16)12-23/h3-4,6-10H,11-14H2,1H3,(H,24,28)(H,26,27). The Morgan fingerprint density at radius 1 is 1.21 bits per heavy atom. The quantitative estimate of drug-likeness (QED) is 0.638. The molecule has 6 heteroatoms. The number of fused-ring (bicyclic) bond motifs is 2. The molecule has 29 heavy (non-hydrogen) atoms. The zero-order valence-electron chi connectivity index (χ0n) is 16.0. The fourth-order valence-corrected chi connectivity index (χ4v) is 4.85. The number of amides is 1. The van der Waals surface area contributed by atoms with Crippen LogP contribution in [-0.4, -0.2) is 22.0 Å². The number of carbonyl (C=O) groups is 2. The molecule has 2 N–H and O–H groups in total. The van der Waals surface area contributed by atoms with Crippen molar-refractivity contribution in [2.45, 2.75) is 32.7 Å². The Morgan fingerprint density at radius 3 is 2.59 bits per heavy atom. The summed E-state index contributed by atoms with van der Waals surface area (Å²) in [4.78, 5) is 29.2. The van der Waals surface area contributed by atoms with Crippen molar-refractivity contribution >= 4 is 33.4 Å². The van der Waals surface area contributed by atoms with Crippen molar-refractivity contribution in [2.75, 3.05) is 0 Å². The lowest BCUT2D eigenvalue weighted by Gasteiger charge is -2.25. The summed E-state index contributed by atoms with van der Waals surface area (Å²) in [7, 11) is 0. The molecule has 0 bridgehead atoms. The zero-order valence-corrected chi connectivity index (χ0v) is 16.8. The highest BCUT2D eigenvalue weighted by molar-refractivity contribution is 7.18. The van der Waals surface area contributed by atoms with Gasteiger partial charge in [0.2, 0.25) is 5.91 Å². The topological polar surface area (TPSA) is 79.3 Å². The van der Waals surface area contributed by atoms with Crippen LogP contribution in [0, 0.1) is 17.3 Å². The SMILES string of the molecule is CC#Cc1ccc2sc(CNC(=O)C3(CC(=O)O)Cc4ccccc4C3)nc2c1. The minimum absolute atomic E-state index is 0.188. The van der Waals surface area contributed by atoms with Crippen LogP contribution in [0.1, 0.15) is 35.0 Å². The Morgan fingerprint density at radius 2 is 1.93 bits per heavy atom. The van der Waals surface area contributed by atoms with Crippen LogP contribution in [0.3, 0.4) is 0 Å². The highest BCUT2D eigenvalue weighted by Crippen LogP contribution is 2.40. The number of thiazole rings is 1. The molecule has 0 atom stereocenters. The van der Waals surface area contributed by atoms with Crippen LogP contribution >= 0.6 is 11.3 Å². The first-order valence-corrected chi connectivity index (χ1v) is 10.2. The highest BCUT2D eigenvalue weighted by atomic mass is 32.1. The average molecular weight is 404 g/mol. The van der Waals surface area contributed by atoms with Gasteiger partial charge in [-0.25, -0.2) is 4.98 Å². The van der Waals surface area contributed by atoms with E-state index in [0.717, 1.165) is 31.9 Å². The van der Waals surface area contributed by atoms with Gasteiger partial charge in [0.15, 0.2) is 0 Å². The van der Waals surface area contributed by atoms with Crippen LogP contribution in [0.5, 0.6) is 0 Å². The molecule has 0 spiro atoms. The molecule has 4 rings (SSSR count). The Hall–Kier alpha value is -3.17. The molecule has 3 aromatic rings. The Bertz CT molecular complexity index is 1140. The van der Waals surface area contributed by atoms with Crippen molar-refractivity contribution in [3.05, 3.63) is 64.2 Å². The molecule has 0 saturated carbocycles. The van der Waals surface area contributed by atoms with Crippen molar-refractivity contribution in [1.29, 1.82) is 0 Å². The molecule has 0 radical (unpaired) electrons. The number of hydrogen-bond acceptors (Lipinski definition) is 4. The fraction of sp³-hybridized carbons (Fsp3) is 0.261. The van der Waals surface area contributed by atoms with Crippen LogP contribution in [0.15, 0.2) is 42.5 Å². The number of carboxylic acid groups (broad SMARTS) is 1. The molecular formula is C23H20N2O3S. The van der Waals surface area contributed by atoms with E-state index in [1.165, 1.54) is 11.3 Å². The lowest BCUT2D eigenvalue weighted by Crippen LogP contribution is -2.43. The fourth-order valence-electron chi connectivity index (χ4n) is 3.97. The minimum Gasteiger partial charge on any atom is -0.481 e. The van der Waals surface area contributed by atoms with Gasteiger partial charge in [0.1, 0.15) is 5.01 Å². The summed E-state index contributed by atoms with van der Waals surface area (Å²) in [6.45, 7) is 2.07. The molecule has 0 unspecified atom stereocenters. The number of carbonyl (C=O) groups excluding carboxylic acids is 1. The number of nitrogens with one attached hydrogen (secondary N) is 1. The summed E-state index contributed by atoms with van der Waals surface area (Å²) in [5.74, 6) is 4.70. The molecule has 0 aliphatic heterocycles. The summed E-state index contributed by atoms with van der Waals surface area (Å²) in [5, 5.41) is 13.1. The lowest BCUT2D eigenvalue weighted by molar-refractivity contribution is -0.145. The molecule has 5 nitrogen and oxygen atoms in total. The Balaban J connectivity index is 1.52. The normalized spacial score (nSPS) is 14.1. The van der Waals surface area contributed by atoms with Crippen molar-refractivity contribution in [3.63, 3.8) is 0 Å². The van der Waals surface area contributed by atoms with E-state index >= 15 is 0 Å². The van der Waals surface area contributed by atoms with Gasteiger partial charge in [0, 0.05) is 5.56 Å². The molecule has 0 fully saturated rings. The Labute approximate surface area is 172 Å². The minimum atomic E-state index is -0.961. The maximum atomic E-state index is 13.1. The molecule has 1 aromatic heterocycles. The molecule has 1 heterocycles. The van der Waals surface area contributed by atoms with Gasteiger partial charge in [-0.3, -0.25) is 9.59 Å². The van der Waals surface area contributed by atoms with Gasteiger partial charge in [0.05, 0.1) is 28.6 Å². The maximum Gasteiger partial charge on any atom is 0.304 e. The van der Waals surface area contributed by atoms with E-state index in [1.54, 1.807) is 6.92 Å². The third-order valence-electron chi connectivity index (χ3n) is 5.25. The summed E-state index contributed by atoms with van der Waals surface area (Å²) in [5.41, 5.74) is 2.91. The van der Waals surface area contributed by atoms with Crippen LogP contribution in [-0.2, 0) is 29.0 Å². The molecule has 0 saturated heterocycles. The van der Waals surface area contributed by atoms with Crippen LogP contribution < -0.4 is 5.32 Å². The summed E-state index contributed by atoms with van der Waals surface area (Å²) >= 11 is 1.52. The number of carboxylic acids is 1. The smallest absolute Gasteiger partial charge is 0.304 e. The highest BCUT2D eigenvalue weighted by Gasteiger charge is 2.45. The number of nitrogens with zero attached hydrogens (tertiary/aromatic N) is 1. The molecule has 146 valence electrons. The van der Waals surface area contributed by atoms with E-state index in [2.05, 4.69) is 22.1 Å². The lowest BCUT2D eigenvalue weighted by atomic mass is 9.80. The molecule has 1 aliphatic carbocycles. The van der Waals surface area contributed by atoms with Gasteiger partial charge in [-0.05, 0) is 49.1 Å². The van der Waals surface area contributed by atoms with E-state index in [-0.39, 0.29) is 18.9 Å². The first-order valence-electron chi connectivity index (χ1n) is 9.38. The van der Waals surface area contributed by atoms with E-state index in [1.807, 2.05) is 42.5 Å². The van der Waals surface area contributed by atoms with E-state index in [4.69, 9.17) is 0 Å². The second-order valence-electron chi connectivity index (χ2n) is 7.32. The maximum absolute atomic E-state index is 13.1. The monoisotopic (exact) mass is 404 g/mol. The predicted molar refractivity (Wildman–Crippen MR) is 113 cm³/mol. The van der Waals surface area contributed by atoms with Gasteiger partial charge >= 0.3 is 5.97 Å². The van der Waals surface area contributed by atoms with Crippen LogP contribution in [0.25, 0.3) is 10.2 Å². The summed E-state index contributed by atoms with van der Waals surface area (Å²) < 4.78 is 1.03. The second-order valence-corrected chi connectivity index (χ2v) is 8.44. The third kappa shape index (κ3) is 3.87. The first-order chi connectivity index (χ1) is 14.0. The number of benzene rings is 2. The summed E-state index contributed by atoms with van der Waals surface area (Å²) in [6.07, 6.45) is 0.701. The number of aromatic nitrogens is 1. The van der Waals surface area contributed by atoms with Gasteiger partial charge < -0.3 is 10.4 Å². The average Bonchev–Trinajstić information content (AvgIpc) is 3.26. The third-order valence-corrected chi connectivity index (χ3v) is 6.29. The predicted octanol–water partition coefficient (Wildman–Crippen LogP) is 3.54. The van der Waals surface area contributed by atoms with Gasteiger partial charge in [-0.1, -0.05) is 30.2 Å². The van der Waals surface area contributed by atoms with Gasteiger partial charge in [0.25, 0.3) is 0 Å². The van der Waals surface area contributed by atoms with E-state index < -0.39 is 11.4 Å². The molecular weight excluding hydrogens is 384 g/mol. The largest absolute Gasteiger partial charge is 0.481 e. The van der Waals surface area contributed by atoms with Crippen molar-refractivity contribution in [1.82, 2.24) is 10.3 Å². The van der Waals surface area contributed by atoms with Gasteiger partial charge in [-0.2, -0.15) is 0 Å². The first kappa shape index (κ1) is 19.2. The van der Waals surface area contributed by atoms with Gasteiger partial charge in [-0.15, -0.1) is 17.3 Å². The van der Waals surface area contributed by atoms with E-state index in [0.29, 0.717) is 12.8 Å². The molecule has 1 aliphatic rings. The summed E-state index contributed by atoms with van der Waals surface area (Å²) in [6, 6.07) is 13.7. The second kappa shape index (κ2) is 7.69. The number of rotatable bonds is 5. The Kier molecular flexibility index (Phi) is 5.08. The van der Waals surface area contributed by atoms with Crippen molar-refractivity contribution in [2.24, 2.45) is 5.41 Å².